The Morgan fingerprint density at radius 3 is 2.60 bits per heavy atom. The predicted molar refractivity (Wildman–Crippen MR) is 77.6 cm³/mol. The second-order valence-corrected chi connectivity index (χ2v) is 5.87. The number of ether oxygens (including phenoxy) is 2. The van der Waals surface area contributed by atoms with Gasteiger partial charge < -0.3 is 14.4 Å². The lowest BCUT2D eigenvalue weighted by atomic mass is 10.3. The van der Waals surface area contributed by atoms with Gasteiger partial charge in [-0.1, -0.05) is 0 Å². The van der Waals surface area contributed by atoms with Crippen LogP contribution in [0.15, 0.2) is 12.1 Å². The third kappa shape index (κ3) is 6.79. The lowest BCUT2D eigenvalue weighted by Gasteiger charge is -2.06. The van der Waals surface area contributed by atoms with Crippen LogP contribution in [0, 0.1) is 0 Å². The second-order valence-electron chi connectivity index (χ2n) is 4.62. The SMILES string of the molecule is CCOC(=O)CC(=O)COCc1ccc(CN(C)C)s1. The molecule has 0 radical (unpaired) electrons. The largest absolute Gasteiger partial charge is 0.466 e. The molecule has 1 heterocycles. The number of carbonyl (C=O) groups is 2. The van der Waals surface area contributed by atoms with Crippen LogP contribution in [-0.2, 0) is 32.2 Å². The molecule has 0 spiro atoms. The fourth-order valence-electron chi connectivity index (χ4n) is 1.59. The molecule has 0 aliphatic heterocycles. The zero-order valence-corrected chi connectivity index (χ0v) is 13.0. The number of Topliss-reactive ketones (excluding diaryl/α,β-unsaturated/α-hetero) is 1. The van der Waals surface area contributed by atoms with E-state index in [1.807, 2.05) is 20.2 Å². The lowest BCUT2D eigenvalue weighted by molar-refractivity contribution is -0.146. The van der Waals surface area contributed by atoms with Crippen molar-refractivity contribution in [3.63, 3.8) is 0 Å². The van der Waals surface area contributed by atoms with E-state index in [-0.39, 0.29) is 25.4 Å². The number of thiophene rings is 1. The summed E-state index contributed by atoms with van der Waals surface area (Å²) in [5.74, 6) is -0.751. The Balaban J connectivity index is 2.25. The van der Waals surface area contributed by atoms with E-state index in [0.717, 1.165) is 11.4 Å². The maximum atomic E-state index is 11.4. The first-order valence-corrected chi connectivity index (χ1v) is 7.30. The molecule has 0 amide bonds. The lowest BCUT2D eigenvalue weighted by Crippen LogP contribution is -2.15. The Morgan fingerprint density at radius 2 is 1.95 bits per heavy atom. The van der Waals surface area contributed by atoms with E-state index >= 15 is 0 Å². The number of nitrogens with zero attached hydrogens (tertiary/aromatic N) is 1. The summed E-state index contributed by atoms with van der Waals surface area (Å²) in [4.78, 5) is 27.0. The Labute approximate surface area is 123 Å². The van der Waals surface area contributed by atoms with E-state index in [9.17, 15) is 9.59 Å². The summed E-state index contributed by atoms with van der Waals surface area (Å²) in [5.41, 5.74) is 0. The second kappa shape index (κ2) is 8.84. The van der Waals surface area contributed by atoms with Crippen molar-refractivity contribution < 1.29 is 19.1 Å². The Hall–Kier alpha value is -1.24. The van der Waals surface area contributed by atoms with Crippen molar-refractivity contribution in [3.8, 4) is 0 Å². The van der Waals surface area contributed by atoms with Gasteiger partial charge in [0.2, 0.25) is 0 Å². The molecular weight excluding hydrogens is 278 g/mol. The van der Waals surface area contributed by atoms with Crippen LogP contribution in [-0.4, -0.2) is 44.0 Å². The average Bonchev–Trinajstić information content (AvgIpc) is 2.75. The molecule has 5 nitrogen and oxygen atoms in total. The smallest absolute Gasteiger partial charge is 0.313 e. The molecule has 0 aliphatic carbocycles. The summed E-state index contributed by atoms with van der Waals surface area (Å²) in [5, 5.41) is 0. The standard InChI is InChI=1S/C14H21NO4S/c1-4-19-14(17)7-11(16)9-18-10-13-6-5-12(20-13)8-15(2)3/h5-6H,4,7-10H2,1-3H3. The van der Waals surface area contributed by atoms with Gasteiger partial charge >= 0.3 is 5.97 Å². The fourth-order valence-corrected chi connectivity index (χ4v) is 2.66. The van der Waals surface area contributed by atoms with Crippen LogP contribution in [0.1, 0.15) is 23.1 Å². The van der Waals surface area contributed by atoms with Crippen molar-refractivity contribution >= 4 is 23.1 Å². The van der Waals surface area contributed by atoms with E-state index in [1.54, 1.807) is 18.3 Å². The fraction of sp³-hybridized carbons (Fsp3) is 0.571. The average molecular weight is 299 g/mol. The number of carbonyl (C=O) groups excluding carboxylic acids is 2. The van der Waals surface area contributed by atoms with E-state index in [4.69, 9.17) is 9.47 Å². The summed E-state index contributed by atoms with van der Waals surface area (Å²) in [6.07, 6.45) is -0.218. The first-order chi connectivity index (χ1) is 9.51. The molecular formula is C14H21NO4S. The third-order valence-electron chi connectivity index (χ3n) is 2.34. The number of esters is 1. The Kier molecular flexibility index (Phi) is 7.43. The summed E-state index contributed by atoms with van der Waals surface area (Å²) in [7, 11) is 4.04. The zero-order valence-electron chi connectivity index (χ0n) is 12.2. The van der Waals surface area contributed by atoms with Gasteiger partial charge in [-0.3, -0.25) is 9.59 Å². The van der Waals surface area contributed by atoms with Crippen molar-refractivity contribution in [2.24, 2.45) is 0 Å². The van der Waals surface area contributed by atoms with Gasteiger partial charge in [0.05, 0.1) is 13.2 Å². The van der Waals surface area contributed by atoms with Crippen molar-refractivity contribution in [2.75, 3.05) is 27.3 Å². The van der Waals surface area contributed by atoms with Gasteiger partial charge in [0.25, 0.3) is 0 Å². The molecule has 0 fully saturated rings. The van der Waals surface area contributed by atoms with Crippen LogP contribution in [0.2, 0.25) is 0 Å². The van der Waals surface area contributed by atoms with Gasteiger partial charge in [-0.05, 0) is 33.2 Å². The molecule has 1 rings (SSSR count). The first-order valence-electron chi connectivity index (χ1n) is 6.48. The first kappa shape index (κ1) is 16.8. The van der Waals surface area contributed by atoms with Gasteiger partial charge in [-0.25, -0.2) is 0 Å². The van der Waals surface area contributed by atoms with E-state index in [1.165, 1.54) is 4.88 Å². The van der Waals surface area contributed by atoms with Crippen LogP contribution < -0.4 is 0 Å². The molecule has 20 heavy (non-hydrogen) atoms. The minimum atomic E-state index is -0.495. The van der Waals surface area contributed by atoms with Crippen LogP contribution in [0.5, 0.6) is 0 Å². The minimum absolute atomic E-state index is 0.0558. The van der Waals surface area contributed by atoms with Gasteiger partial charge in [0, 0.05) is 16.3 Å². The topological polar surface area (TPSA) is 55.8 Å². The summed E-state index contributed by atoms with van der Waals surface area (Å²) in [6, 6.07) is 4.06. The molecule has 0 unspecified atom stereocenters. The van der Waals surface area contributed by atoms with Crippen LogP contribution in [0.4, 0.5) is 0 Å². The molecule has 0 atom stereocenters. The molecule has 0 aliphatic rings. The molecule has 0 bridgehead atoms. The van der Waals surface area contributed by atoms with Crippen molar-refractivity contribution in [1.82, 2.24) is 4.90 Å². The molecule has 0 aromatic carbocycles. The van der Waals surface area contributed by atoms with Gasteiger partial charge in [-0.15, -0.1) is 11.3 Å². The number of rotatable bonds is 9. The molecule has 1 aromatic heterocycles. The zero-order chi connectivity index (χ0) is 15.0. The summed E-state index contributed by atoms with van der Waals surface area (Å²) in [6.45, 7) is 3.23. The minimum Gasteiger partial charge on any atom is -0.466 e. The number of hydrogen-bond donors (Lipinski definition) is 0. The monoisotopic (exact) mass is 299 g/mol. The quantitative estimate of drug-likeness (QED) is 0.514. The normalized spacial score (nSPS) is 10.8. The highest BCUT2D eigenvalue weighted by Crippen LogP contribution is 2.18. The van der Waals surface area contributed by atoms with Crippen LogP contribution in [0.25, 0.3) is 0 Å². The Morgan fingerprint density at radius 1 is 1.25 bits per heavy atom. The van der Waals surface area contributed by atoms with E-state index < -0.39 is 5.97 Å². The molecule has 112 valence electrons. The number of ketones is 1. The number of hydrogen-bond acceptors (Lipinski definition) is 6. The van der Waals surface area contributed by atoms with Crippen molar-refractivity contribution in [1.29, 1.82) is 0 Å². The highest BCUT2D eigenvalue weighted by Gasteiger charge is 2.10. The summed E-state index contributed by atoms with van der Waals surface area (Å²) >= 11 is 1.67. The highest BCUT2D eigenvalue weighted by atomic mass is 32.1. The van der Waals surface area contributed by atoms with Crippen molar-refractivity contribution in [3.05, 3.63) is 21.9 Å². The van der Waals surface area contributed by atoms with Gasteiger partial charge in [0.15, 0.2) is 5.78 Å². The predicted octanol–water partition coefficient (Wildman–Crippen LogP) is 1.85. The molecule has 0 saturated heterocycles. The molecule has 0 N–H and O–H groups in total. The van der Waals surface area contributed by atoms with Crippen LogP contribution in [0.3, 0.4) is 0 Å². The van der Waals surface area contributed by atoms with E-state index in [0.29, 0.717) is 6.61 Å². The van der Waals surface area contributed by atoms with Gasteiger partial charge in [-0.2, -0.15) is 0 Å². The van der Waals surface area contributed by atoms with Crippen molar-refractivity contribution in [2.45, 2.75) is 26.5 Å². The third-order valence-corrected chi connectivity index (χ3v) is 3.39. The van der Waals surface area contributed by atoms with E-state index in [2.05, 4.69) is 11.0 Å². The molecule has 1 aromatic rings. The Bertz CT molecular complexity index is 442. The maximum Gasteiger partial charge on any atom is 0.313 e. The van der Waals surface area contributed by atoms with Crippen LogP contribution >= 0.6 is 11.3 Å². The molecule has 6 heteroatoms. The summed E-state index contributed by atoms with van der Waals surface area (Å²) < 4.78 is 10.0. The van der Waals surface area contributed by atoms with Gasteiger partial charge in [0.1, 0.15) is 13.0 Å². The molecule has 0 saturated carbocycles. The maximum absolute atomic E-state index is 11.4. The highest BCUT2D eigenvalue weighted by molar-refractivity contribution is 7.11.